The molecule has 1 heterocycles. The van der Waals surface area contributed by atoms with E-state index in [9.17, 15) is 13.2 Å². The highest BCUT2D eigenvalue weighted by Crippen LogP contribution is 2.27. The summed E-state index contributed by atoms with van der Waals surface area (Å²) in [5, 5.41) is 12.8. The molecule has 8 heteroatoms. The first-order valence-corrected chi connectivity index (χ1v) is 13.1. The van der Waals surface area contributed by atoms with Crippen LogP contribution in [0.3, 0.4) is 0 Å². The molecule has 1 aliphatic heterocycles. The van der Waals surface area contributed by atoms with Gasteiger partial charge in [0.05, 0.1) is 22.6 Å². The van der Waals surface area contributed by atoms with E-state index in [1.165, 1.54) is 28.6 Å². The van der Waals surface area contributed by atoms with Gasteiger partial charge in [0.25, 0.3) is 0 Å². The summed E-state index contributed by atoms with van der Waals surface area (Å²) < 4.78 is 27.3. The molecular formula is C25H30ClN3O3S. The molecule has 0 spiro atoms. The van der Waals surface area contributed by atoms with Crippen molar-refractivity contribution in [3.63, 3.8) is 0 Å². The normalized spacial score (nSPS) is 16.3. The van der Waals surface area contributed by atoms with Crippen molar-refractivity contribution in [1.82, 2.24) is 9.62 Å². The summed E-state index contributed by atoms with van der Waals surface area (Å²) in [6.07, 6.45) is 2.75. The van der Waals surface area contributed by atoms with E-state index >= 15 is 0 Å². The second-order valence-corrected chi connectivity index (χ2v) is 11.3. The summed E-state index contributed by atoms with van der Waals surface area (Å²) in [6.45, 7) is 4.89. The molecule has 1 fully saturated rings. The Kier molecular flexibility index (Phi) is 8.52. The number of hydrogen-bond acceptors (Lipinski definition) is 4. The number of rotatable bonds is 8. The minimum Gasteiger partial charge on any atom is -0.349 e. The maximum absolute atomic E-state index is 13.1. The quantitative estimate of drug-likeness (QED) is 0.573. The van der Waals surface area contributed by atoms with Crippen molar-refractivity contribution in [3.05, 3.63) is 64.7 Å². The van der Waals surface area contributed by atoms with Crippen LogP contribution in [-0.2, 0) is 14.8 Å². The molecule has 33 heavy (non-hydrogen) atoms. The lowest BCUT2D eigenvalue weighted by atomic mass is 9.94. The zero-order valence-corrected chi connectivity index (χ0v) is 20.6. The highest BCUT2D eigenvalue weighted by Gasteiger charge is 2.32. The van der Waals surface area contributed by atoms with Crippen LogP contribution in [0.5, 0.6) is 0 Å². The molecule has 0 aromatic heterocycles. The Labute approximate surface area is 201 Å². The monoisotopic (exact) mass is 487 g/mol. The molecule has 2 aromatic carbocycles. The van der Waals surface area contributed by atoms with Crippen molar-refractivity contribution in [3.8, 4) is 6.07 Å². The van der Waals surface area contributed by atoms with Crippen LogP contribution in [0, 0.1) is 23.2 Å². The fraction of sp³-hybridized carbons (Fsp3) is 0.440. The molecule has 1 atom stereocenters. The van der Waals surface area contributed by atoms with E-state index in [1.807, 2.05) is 30.3 Å². The number of amides is 1. The summed E-state index contributed by atoms with van der Waals surface area (Å²) in [6, 6.07) is 15.4. The fourth-order valence-electron chi connectivity index (χ4n) is 4.02. The summed E-state index contributed by atoms with van der Waals surface area (Å²) in [5.74, 6) is 0.257. The van der Waals surface area contributed by atoms with Gasteiger partial charge in [-0.25, -0.2) is 8.42 Å². The average molecular weight is 488 g/mol. The second-order valence-electron chi connectivity index (χ2n) is 8.90. The van der Waals surface area contributed by atoms with Gasteiger partial charge in [-0.3, -0.25) is 4.79 Å². The Morgan fingerprint density at radius 2 is 1.70 bits per heavy atom. The number of hydrogen-bond donors (Lipinski definition) is 1. The third-order valence-corrected chi connectivity index (χ3v) is 8.23. The number of halogens is 1. The SMILES string of the molecule is CC(C)CCC(NC(=O)C1CCN(S(=O)(=O)c2ccc(C#N)cc2)CC1)c1ccc(Cl)cc1. The maximum atomic E-state index is 13.1. The third-order valence-electron chi connectivity index (χ3n) is 6.07. The summed E-state index contributed by atoms with van der Waals surface area (Å²) in [4.78, 5) is 13.2. The van der Waals surface area contributed by atoms with Gasteiger partial charge < -0.3 is 5.32 Å². The number of carbonyl (C=O) groups excluding carboxylic acids is 1. The van der Waals surface area contributed by atoms with Crippen LogP contribution in [0.4, 0.5) is 0 Å². The molecule has 1 unspecified atom stereocenters. The van der Waals surface area contributed by atoms with Crippen molar-refractivity contribution < 1.29 is 13.2 Å². The third kappa shape index (κ3) is 6.57. The molecule has 1 amide bonds. The molecule has 3 rings (SSSR count). The van der Waals surface area contributed by atoms with Gasteiger partial charge in [0.15, 0.2) is 0 Å². The minimum atomic E-state index is -3.64. The summed E-state index contributed by atoms with van der Waals surface area (Å²) in [5.41, 5.74) is 1.44. The summed E-state index contributed by atoms with van der Waals surface area (Å²) >= 11 is 6.03. The van der Waals surface area contributed by atoms with E-state index in [2.05, 4.69) is 19.2 Å². The van der Waals surface area contributed by atoms with Gasteiger partial charge >= 0.3 is 0 Å². The number of piperidine rings is 1. The Bertz CT molecular complexity index is 1090. The van der Waals surface area contributed by atoms with Crippen molar-refractivity contribution in [2.24, 2.45) is 11.8 Å². The molecule has 176 valence electrons. The predicted octanol–water partition coefficient (Wildman–Crippen LogP) is 4.91. The van der Waals surface area contributed by atoms with E-state index in [4.69, 9.17) is 16.9 Å². The van der Waals surface area contributed by atoms with Gasteiger partial charge in [-0.05, 0) is 73.6 Å². The Hall–Kier alpha value is -2.40. The molecule has 0 aliphatic carbocycles. The molecular weight excluding hydrogens is 458 g/mol. The fourth-order valence-corrected chi connectivity index (χ4v) is 5.61. The number of nitrogens with one attached hydrogen (secondary N) is 1. The van der Waals surface area contributed by atoms with Crippen LogP contribution in [0.1, 0.15) is 56.7 Å². The van der Waals surface area contributed by atoms with Gasteiger partial charge in [-0.15, -0.1) is 0 Å². The lowest BCUT2D eigenvalue weighted by Gasteiger charge is -2.31. The van der Waals surface area contributed by atoms with Gasteiger partial charge in [0, 0.05) is 24.0 Å². The number of carbonyl (C=O) groups is 1. The average Bonchev–Trinajstić information content (AvgIpc) is 2.82. The van der Waals surface area contributed by atoms with E-state index in [1.54, 1.807) is 0 Å². The van der Waals surface area contributed by atoms with Gasteiger partial charge in [0.2, 0.25) is 15.9 Å². The molecule has 0 saturated carbocycles. The predicted molar refractivity (Wildman–Crippen MR) is 129 cm³/mol. The molecule has 0 bridgehead atoms. The Morgan fingerprint density at radius 3 is 2.24 bits per heavy atom. The number of nitriles is 1. The van der Waals surface area contributed by atoms with Gasteiger partial charge in [-0.2, -0.15) is 9.57 Å². The Balaban J connectivity index is 1.63. The lowest BCUT2D eigenvalue weighted by molar-refractivity contribution is -0.127. The first-order valence-electron chi connectivity index (χ1n) is 11.3. The maximum Gasteiger partial charge on any atom is 0.243 e. The van der Waals surface area contributed by atoms with Gasteiger partial charge in [-0.1, -0.05) is 37.6 Å². The van der Waals surface area contributed by atoms with E-state index in [0.717, 1.165) is 18.4 Å². The highest BCUT2D eigenvalue weighted by atomic mass is 35.5. The smallest absolute Gasteiger partial charge is 0.243 e. The first kappa shape index (κ1) is 25.2. The van der Waals surface area contributed by atoms with Crippen LogP contribution < -0.4 is 5.32 Å². The van der Waals surface area contributed by atoms with E-state index in [0.29, 0.717) is 29.3 Å². The first-order chi connectivity index (χ1) is 15.7. The molecule has 1 N–H and O–H groups in total. The molecule has 1 aliphatic rings. The van der Waals surface area contributed by atoms with Crippen LogP contribution >= 0.6 is 11.6 Å². The molecule has 0 radical (unpaired) electrons. The number of nitrogens with zero attached hydrogens (tertiary/aromatic N) is 2. The van der Waals surface area contributed by atoms with E-state index in [-0.39, 0.29) is 35.9 Å². The van der Waals surface area contributed by atoms with Crippen molar-refractivity contribution in [2.45, 2.75) is 50.5 Å². The highest BCUT2D eigenvalue weighted by molar-refractivity contribution is 7.89. The lowest BCUT2D eigenvalue weighted by Crippen LogP contribution is -2.43. The number of benzene rings is 2. The minimum absolute atomic E-state index is 0.0332. The summed E-state index contributed by atoms with van der Waals surface area (Å²) in [7, 11) is -3.64. The van der Waals surface area contributed by atoms with Crippen LogP contribution in [-0.4, -0.2) is 31.7 Å². The second kappa shape index (κ2) is 11.1. The van der Waals surface area contributed by atoms with Crippen LogP contribution in [0.2, 0.25) is 5.02 Å². The van der Waals surface area contributed by atoms with Crippen LogP contribution in [0.15, 0.2) is 53.4 Å². The van der Waals surface area contributed by atoms with Gasteiger partial charge in [0.1, 0.15) is 0 Å². The largest absolute Gasteiger partial charge is 0.349 e. The van der Waals surface area contributed by atoms with E-state index < -0.39 is 10.0 Å². The zero-order chi connectivity index (χ0) is 24.0. The Morgan fingerprint density at radius 1 is 1.09 bits per heavy atom. The van der Waals surface area contributed by atoms with Crippen LogP contribution in [0.25, 0.3) is 0 Å². The van der Waals surface area contributed by atoms with Crippen molar-refractivity contribution in [1.29, 1.82) is 5.26 Å². The molecule has 6 nitrogen and oxygen atoms in total. The van der Waals surface area contributed by atoms with Crippen molar-refractivity contribution in [2.75, 3.05) is 13.1 Å². The number of sulfonamides is 1. The topological polar surface area (TPSA) is 90.3 Å². The molecule has 2 aromatic rings. The van der Waals surface area contributed by atoms with Crippen molar-refractivity contribution >= 4 is 27.5 Å². The molecule has 1 saturated heterocycles. The zero-order valence-electron chi connectivity index (χ0n) is 19.0. The standard InChI is InChI=1S/C25H30ClN3O3S/c1-18(2)3-12-24(20-6-8-22(26)9-7-20)28-25(30)21-13-15-29(16-14-21)33(31,32)23-10-4-19(17-27)5-11-23/h4-11,18,21,24H,3,12-16H2,1-2H3,(H,28,30).